The molecule has 0 spiro atoms. The standard InChI is InChI=1S/C16H23NO2/c1-2-17-14(13-5-6-13)7-3-12-4-8-15-16(11-12)19-10-9-18-15/h4,8,11,13-14,17H,2-3,5-7,9-10H2,1H3. The Morgan fingerprint density at radius 3 is 2.74 bits per heavy atom. The van der Waals surface area contributed by atoms with Gasteiger partial charge in [-0.15, -0.1) is 0 Å². The molecular weight excluding hydrogens is 238 g/mol. The van der Waals surface area contributed by atoms with Gasteiger partial charge in [0.1, 0.15) is 13.2 Å². The Balaban J connectivity index is 1.59. The minimum atomic E-state index is 0.663. The molecule has 3 nitrogen and oxygen atoms in total. The summed E-state index contributed by atoms with van der Waals surface area (Å²) in [6.07, 6.45) is 5.14. The average molecular weight is 261 g/mol. The Labute approximate surface area is 115 Å². The van der Waals surface area contributed by atoms with E-state index in [1.54, 1.807) is 0 Å². The summed E-state index contributed by atoms with van der Waals surface area (Å²) in [5.74, 6) is 2.72. The van der Waals surface area contributed by atoms with Gasteiger partial charge in [0.05, 0.1) is 0 Å². The molecule has 1 saturated carbocycles. The molecule has 1 aliphatic heterocycles. The van der Waals surface area contributed by atoms with Gasteiger partial charge in [-0.2, -0.15) is 0 Å². The topological polar surface area (TPSA) is 30.5 Å². The van der Waals surface area contributed by atoms with Crippen molar-refractivity contribution in [2.45, 2.75) is 38.6 Å². The van der Waals surface area contributed by atoms with Crippen LogP contribution in [-0.4, -0.2) is 25.8 Å². The number of hydrogen-bond donors (Lipinski definition) is 1. The van der Waals surface area contributed by atoms with Gasteiger partial charge in [-0.25, -0.2) is 0 Å². The van der Waals surface area contributed by atoms with Gasteiger partial charge in [-0.1, -0.05) is 13.0 Å². The van der Waals surface area contributed by atoms with Crippen LogP contribution in [0.5, 0.6) is 11.5 Å². The Morgan fingerprint density at radius 2 is 2.00 bits per heavy atom. The highest BCUT2D eigenvalue weighted by Gasteiger charge is 2.30. The number of rotatable bonds is 6. The first kappa shape index (κ1) is 12.8. The maximum atomic E-state index is 5.64. The quantitative estimate of drug-likeness (QED) is 0.854. The van der Waals surface area contributed by atoms with Crippen LogP contribution in [0.2, 0.25) is 0 Å². The molecule has 19 heavy (non-hydrogen) atoms. The second-order valence-corrected chi connectivity index (χ2v) is 5.52. The molecule has 104 valence electrons. The molecule has 1 atom stereocenters. The molecule has 0 aromatic heterocycles. The van der Waals surface area contributed by atoms with Crippen molar-refractivity contribution in [1.82, 2.24) is 5.32 Å². The van der Waals surface area contributed by atoms with E-state index in [1.807, 2.05) is 6.07 Å². The van der Waals surface area contributed by atoms with E-state index < -0.39 is 0 Å². The van der Waals surface area contributed by atoms with Crippen molar-refractivity contribution < 1.29 is 9.47 Å². The summed E-state index contributed by atoms with van der Waals surface area (Å²) in [6.45, 7) is 4.59. The molecule has 0 amide bonds. The Morgan fingerprint density at radius 1 is 1.21 bits per heavy atom. The minimum absolute atomic E-state index is 0.663. The normalized spacial score (nSPS) is 19.2. The summed E-state index contributed by atoms with van der Waals surface area (Å²) in [5, 5.41) is 3.62. The summed E-state index contributed by atoms with van der Waals surface area (Å²) in [5.41, 5.74) is 1.35. The zero-order valence-corrected chi connectivity index (χ0v) is 11.7. The van der Waals surface area contributed by atoms with E-state index >= 15 is 0 Å². The van der Waals surface area contributed by atoms with Crippen molar-refractivity contribution in [3.63, 3.8) is 0 Å². The molecule has 1 N–H and O–H groups in total. The molecule has 3 rings (SSSR count). The van der Waals surface area contributed by atoms with Crippen molar-refractivity contribution in [2.75, 3.05) is 19.8 Å². The van der Waals surface area contributed by atoms with Gasteiger partial charge in [-0.05, 0) is 55.8 Å². The highest BCUT2D eigenvalue weighted by Crippen LogP contribution is 2.35. The first-order valence-corrected chi connectivity index (χ1v) is 7.48. The Bertz CT molecular complexity index is 429. The van der Waals surface area contributed by atoms with Crippen LogP contribution in [0, 0.1) is 5.92 Å². The number of benzene rings is 1. The Hall–Kier alpha value is -1.22. The second-order valence-electron chi connectivity index (χ2n) is 5.52. The molecule has 0 radical (unpaired) electrons. The third kappa shape index (κ3) is 3.21. The summed E-state index contributed by atoms with van der Waals surface area (Å²) in [7, 11) is 0. The van der Waals surface area contributed by atoms with Crippen molar-refractivity contribution in [2.24, 2.45) is 5.92 Å². The minimum Gasteiger partial charge on any atom is -0.486 e. The molecule has 1 aromatic rings. The molecule has 1 unspecified atom stereocenters. The lowest BCUT2D eigenvalue weighted by Crippen LogP contribution is -2.31. The van der Waals surface area contributed by atoms with Gasteiger partial charge in [0, 0.05) is 6.04 Å². The fourth-order valence-electron chi connectivity index (χ4n) is 2.83. The fraction of sp³-hybridized carbons (Fsp3) is 0.625. The van der Waals surface area contributed by atoms with Crippen LogP contribution in [0.3, 0.4) is 0 Å². The van der Waals surface area contributed by atoms with Crippen molar-refractivity contribution in [3.8, 4) is 11.5 Å². The number of fused-ring (bicyclic) bond motifs is 1. The van der Waals surface area contributed by atoms with E-state index in [0.29, 0.717) is 19.3 Å². The first-order valence-electron chi connectivity index (χ1n) is 7.48. The third-order valence-corrected chi connectivity index (χ3v) is 4.01. The zero-order chi connectivity index (χ0) is 13.1. The number of aryl methyl sites for hydroxylation is 1. The van der Waals surface area contributed by atoms with Crippen LogP contribution in [0.25, 0.3) is 0 Å². The van der Waals surface area contributed by atoms with Crippen molar-refractivity contribution >= 4 is 0 Å². The zero-order valence-electron chi connectivity index (χ0n) is 11.7. The summed E-state index contributed by atoms with van der Waals surface area (Å²) in [4.78, 5) is 0. The number of nitrogens with one attached hydrogen (secondary N) is 1. The summed E-state index contributed by atoms with van der Waals surface area (Å²) >= 11 is 0. The van der Waals surface area contributed by atoms with E-state index in [4.69, 9.17) is 9.47 Å². The molecule has 1 heterocycles. The predicted octanol–water partition coefficient (Wildman–Crippen LogP) is 2.78. The maximum absolute atomic E-state index is 5.64. The first-order chi connectivity index (χ1) is 9.36. The summed E-state index contributed by atoms with van der Waals surface area (Å²) < 4.78 is 11.2. The smallest absolute Gasteiger partial charge is 0.161 e. The average Bonchev–Trinajstić information content (AvgIpc) is 3.28. The van der Waals surface area contributed by atoms with E-state index in [1.165, 1.54) is 24.8 Å². The lowest BCUT2D eigenvalue weighted by molar-refractivity contribution is 0.171. The van der Waals surface area contributed by atoms with E-state index in [2.05, 4.69) is 24.4 Å². The SMILES string of the molecule is CCNC(CCc1ccc2c(c1)OCCO2)C1CC1. The Kier molecular flexibility index (Phi) is 3.92. The van der Waals surface area contributed by atoms with Crippen LogP contribution in [0.1, 0.15) is 31.7 Å². The van der Waals surface area contributed by atoms with Gasteiger partial charge < -0.3 is 14.8 Å². The number of ether oxygens (including phenoxy) is 2. The molecular formula is C16H23NO2. The molecule has 2 aliphatic rings. The lowest BCUT2D eigenvalue weighted by Gasteiger charge is -2.20. The van der Waals surface area contributed by atoms with Gasteiger partial charge >= 0.3 is 0 Å². The molecule has 1 aliphatic carbocycles. The van der Waals surface area contributed by atoms with E-state index in [0.717, 1.165) is 30.4 Å². The molecule has 1 fully saturated rings. The largest absolute Gasteiger partial charge is 0.486 e. The lowest BCUT2D eigenvalue weighted by atomic mass is 10.0. The molecule has 3 heteroatoms. The van der Waals surface area contributed by atoms with E-state index in [-0.39, 0.29) is 0 Å². The molecule has 0 bridgehead atoms. The van der Waals surface area contributed by atoms with Gasteiger partial charge in [0.25, 0.3) is 0 Å². The monoisotopic (exact) mass is 261 g/mol. The van der Waals surface area contributed by atoms with Crippen molar-refractivity contribution in [3.05, 3.63) is 23.8 Å². The predicted molar refractivity (Wildman–Crippen MR) is 75.9 cm³/mol. The highest BCUT2D eigenvalue weighted by molar-refractivity contribution is 5.43. The maximum Gasteiger partial charge on any atom is 0.161 e. The van der Waals surface area contributed by atoms with Crippen LogP contribution >= 0.6 is 0 Å². The molecule has 1 aromatic carbocycles. The van der Waals surface area contributed by atoms with Gasteiger partial charge in [0.15, 0.2) is 11.5 Å². The highest BCUT2D eigenvalue weighted by atomic mass is 16.6. The van der Waals surface area contributed by atoms with E-state index in [9.17, 15) is 0 Å². The van der Waals surface area contributed by atoms with Crippen LogP contribution in [0.4, 0.5) is 0 Å². The number of hydrogen-bond acceptors (Lipinski definition) is 3. The van der Waals surface area contributed by atoms with Crippen LogP contribution in [-0.2, 0) is 6.42 Å². The van der Waals surface area contributed by atoms with Gasteiger partial charge in [-0.3, -0.25) is 0 Å². The van der Waals surface area contributed by atoms with Crippen LogP contribution < -0.4 is 14.8 Å². The van der Waals surface area contributed by atoms with Crippen LogP contribution in [0.15, 0.2) is 18.2 Å². The molecule has 0 saturated heterocycles. The third-order valence-electron chi connectivity index (χ3n) is 4.01. The summed E-state index contributed by atoms with van der Waals surface area (Å²) in [6, 6.07) is 7.05. The van der Waals surface area contributed by atoms with Crippen molar-refractivity contribution in [1.29, 1.82) is 0 Å². The second kappa shape index (κ2) is 5.83. The van der Waals surface area contributed by atoms with Gasteiger partial charge in [0.2, 0.25) is 0 Å². The fourth-order valence-corrected chi connectivity index (χ4v) is 2.83.